The first kappa shape index (κ1) is 16.9. The van der Waals surface area contributed by atoms with E-state index in [9.17, 15) is 14.9 Å². The Morgan fingerprint density at radius 1 is 0.963 bits per heavy atom. The van der Waals surface area contributed by atoms with Crippen molar-refractivity contribution in [2.75, 3.05) is 0 Å². The third-order valence-electron chi connectivity index (χ3n) is 4.18. The van der Waals surface area contributed by atoms with E-state index >= 15 is 0 Å². The molecule has 0 amide bonds. The molecule has 4 rings (SSSR count). The number of para-hydroxylation sites is 1. The summed E-state index contributed by atoms with van der Waals surface area (Å²) in [5, 5.41) is 11.9. The highest BCUT2D eigenvalue weighted by atomic mass is 35.5. The molecule has 0 aliphatic heterocycles. The SMILES string of the molecule is O=c1c2ccccc2nc(-c2ccc([N+](=O)[O-])cc2)n1-c1cccc(Cl)c1. The molecule has 6 nitrogen and oxygen atoms in total. The van der Waals surface area contributed by atoms with Crippen LogP contribution in [0.1, 0.15) is 0 Å². The Morgan fingerprint density at radius 2 is 1.70 bits per heavy atom. The van der Waals surface area contributed by atoms with Crippen LogP contribution < -0.4 is 5.56 Å². The number of nitro groups is 1. The molecule has 1 heterocycles. The lowest BCUT2D eigenvalue weighted by Crippen LogP contribution is -2.21. The molecule has 0 radical (unpaired) electrons. The topological polar surface area (TPSA) is 78.0 Å². The zero-order chi connectivity index (χ0) is 19.0. The second kappa shape index (κ2) is 6.66. The molecule has 0 saturated carbocycles. The van der Waals surface area contributed by atoms with Gasteiger partial charge in [-0.1, -0.05) is 29.8 Å². The van der Waals surface area contributed by atoms with Gasteiger partial charge in [0, 0.05) is 22.7 Å². The summed E-state index contributed by atoms with van der Waals surface area (Å²) in [5.74, 6) is 0.385. The molecule has 0 unspecified atom stereocenters. The molecule has 0 saturated heterocycles. The van der Waals surface area contributed by atoms with Crippen molar-refractivity contribution in [2.45, 2.75) is 0 Å². The van der Waals surface area contributed by atoms with Crippen molar-refractivity contribution in [3.8, 4) is 17.1 Å². The van der Waals surface area contributed by atoms with Crippen LogP contribution in [0.15, 0.2) is 77.6 Å². The normalized spacial score (nSPS) is 10.9. The molecule has 0 N–H and O–H groups in total. The number of aromatic nitrogens is 2. The summed E-state index contributed by atoms with van der Waals surface area (Å²) in [5.41, 5.74) is 1.43. The van der Waals surface area contributed by atoms with Gasteiger partial charge >= 0.3 is 0 Å². The van der Waals surface area contributed by atoms with E-state index in [1.54, 1.807) is 60.7 Å². The molecular weight excluding hydrogens is 366 g/mol. The average Bonchev–Trinajstić information content (AvgIpc) is 2.68. The predicted octanol–water partition coefficient (Wildman–Crippen LogP) is 4.61. The molecule has 27 heavy (non-hydrogen) atoms. The molecule has 3 aromatic carbocycles. The Morgan fingerprint density at radius 3 is 2.41 bits per heavy atom. The van der Waals surface area contributed by atoms with E-state index in [0.29, 0.717) is 33.0 Å². The minimum Gasteiger partial charge on any atom is -0.268 e. The minimum absolute atomic E-state index is 0.0313. The number of hydrogen-bond donors (Lipinski definition) is 0. The van der Waals surface area contributed by atoms with Gasteiger partial charge in [-0.3, -0.25) is 19.5 Å². The number of halogens is 1. The van der Waals surface area contributed by atoms with Crippen molar-refractivity contribution in [3.63, 3.8) is 0 Å². The van der Waals surface area contributed by atoms with Crippen molar-refractivity contribution < 1.29 is 4.92 Å². The van der Waals surface area contributed by atoms with Gasteiger partial charge in [-0.15, -0.1) is 0 Å². The first-order valence-electron chi connectivity index (χ1n) is 8.07. The lowest BCUT2D eigenvalue weighted by atomic mass is 10.1. The number of nitro benzene ring substituents is 1. The van der Waals surface area contributed by atoms with Crippen molar-refractivity contribution in [3.05, 3.63) is 98.3 Å². The highest BCUT2D eigenvalue weighted by Crippen LogP contribution is 2.25. The molecule has 4 aromatic rings. The number of hydrogen-bond acceptors (Lipinski definition) is 4. The Balaban J connectivity index is 2.05. The molecule has 0 spiro atoms. The van der Waals surface area contributed by atoms with Crippen molar-refractivity contribution in [2.24, 2.45) is 0 Å². The summed E-state index contributed by atoms with van der Waals surface area (Å²) < 4.78 is 1.47. The number of benzene rings is 3. The molecule has 0 bridgehead atoms. The van der Waals surface area contributed by atoms with Gasteiger partial charge in [0.1, 0.15) is 5.82 Å². The van der Waals surface area contributed by atoms with Crippen LogP contribution in [0.3, 0.4) is 0 Å². The van der Waals surface area contributed by atoms with E-state index in [1.165, 1.54) is 16.7 Å². The molecular formula is C20H12ClN3O3. The highest BCUT2D eigenvalue weighted by Gasteiger charge is 2.15. The molecule has 1 aromatic heterocycles. The molecule has 7 heteroatoms. The minimum atomic E-state index is -0.471. The summed E-state index contributed by atoms with van der Waals surface area (Å²) in [6.45, 7) is 0. The van der Waals surface area contributed by atoms with Gasteiger partial charge in [-0.25, -0.2) is 4.98 Å². The summed E-state index contributed by atoms with van der Waals surface area (Å²) in [7, 11) is 0. The zero-order valence-electron chi connectivity index (χ0n) is 13.9. The van der Waals surface area contributed by atoms with Gasteiger partial charge in [0.15, 0.2) is 0 Å². The van der Waals surface area contributed by atoms with Crippen molar-refractivity contribution in [1.82, 2.24) is 9.55 Å². The average molecular weight is 378 g/mol. The van der Waals surface area contributed by atoms with Crippen LogP contribution in [0.25, 0.3) is 28.0 Å². The first-order valence-corrected chi connectivity index (χ1v) is 8.45. The number of nitrogens with zero attached hydrogens (tertiary/aromatic N) is 3. The largest absolute Gasteiger partial charge is 0.269 e. The monoisotopic (exact) mass is 377 g/mol. The van der Waals surface area contributed by atoms with E-state index in [4.69, 9.17) is 11.6 Å². The van der Waals surface area contributed by atoms with Gasteiger partial charge < -0.3 is 0 Å². The maximum absolute atomic E-state index is 13.2. The quantitative estimate of drug-likeness (QED) is 0.385. The first-order chi connectivity index (χ1) is 13.0. The van der Waals surface area contributed by atoms with E-state index in [-0.39, 0.29) is 11.2 Å². The maximum atomic E-state index is 13.2. The number of rotatable bonds is 3. The summed E-state index contributed by atoms with van der Waals surface area (Å²) in [6, 6.07) is 19.9. The summed E-state index contributed by atoms with van der Waals surface area (Å²) in [6.07, 6.45) is 0. The maximum Gasteiger partial charge on any atom is 0.269 e. The van der Waals surface area contributed by atoms with Crippen LogP contribution in [-0.2, 0) is 0 Å². The Kier molecular flexibility index (Phi) is 4.18. The van der Waals surface area contributed by atoms with Gasteiger partial charge in [0.05, 0.1) is 21.5 Å². The van der Waals surface area contributed by atoms with Gasteiger partial charge in [-0.2, -0.15) is 0 Å². The highest BCUT2D eigenvalue weighted by molar-refractivity contribution is 6.30. The van der Waals surface area contributed by atoms with Crippen LogP contribution in [0, 0.1) is 10.1 Å². The lowest BCUT2D eigenvalue weighted by molar-refractivity contribution is -0.384. The molecule has 132 valence electrons. The van der Waals surface area contributed by atoms with E-state index in [1.807, 2.05) is 0 Å². The van der Waals surface area contributed by atoms with E-state index < -0.39 is 4.92 Å². The Bertz CT molecular complexity index is 1230. The van der Waals surface area contributed by atoms with Crippen LogP contribution in [-0.4, -0.2) is 14.5 Å². The molecule has 0 aliphatic carbocycles. The molecule has 0 fully saturated rings. The fourth-order valence-electron chi connectivity index (χ4n) is 2.91. The molecule has 0 aliphatic rings. The summed E-state index contributed by atoms with van der Waals surface area (Å²) >= 11 is 6.11. The fourth-order valence-corrected chi connectivity index (χ4v) is 3.10. The van der Waals surface area contributed by atoms with Gasteiger partial charge in [0.25, 0.3) is 11.2 Å². The number of fused-ring (bicyclic) bond motifs is 1. The smallest absolute Gasteiger partial charge is 0.268 e. The third kappa shape index (κ3) is 3.07. The second-order valence-electron chi connectivity index (χ2n) is 5.88. The standard InChI is InChI=1S/C20H12ClN3O3/c21-14-4-3-5-16(12-14)23-19(13-8-10-15(11-9-13)24(26)27)22-18-7-2-1-6-17(18)20(23)25/h1-12H. The fraction of sp³-hybridized carbons (Fsp3) is 0. The predicted molar refractivity (Wildman–Crippen MR) is 104 cm³/mol. The van der Waals surface area contributed by atoms with Crippen molar-refractivity contribution >= 4 is 28.2 Å². The zero-order valence-corrected chi connectivity index (χ0v) is 14.6. The number of non-ortho nitro benzene ring substituents is 1. The van der Waals surface area contributed by atoms with Gasteiger partial charge in [-0.05, 0) is 42.5 Å². The Labute approximate surface area is 158 Å². The van der Waals surface area contributed by atoms with Crippen LogP contribution in [0.5, 0.6) is 0 Å². The summed E-state index contributed by atoms with van der Waals surface area (Å²) in [4.78, 5) is 28.3. The van der Waals surface area contributed by atoms with Gasteiger partial charge in [0.2, 0.25) is 0 Å². The molecule has 0 atom stereocenters. The lowest BCUT2D eigenvalue weighted by Gasteiger charge is -2.14. The van der Waals surface area contributed by atoms with Crippen molar-refractivity contribution in [1.29, 1.82) is 0 Å². The Hall–Kier alpha value is -3.51. The second-order valence-corrected chi connectivity index (χ2v) is 6.31. The van der Waals surface area contributed by atoms with E-state index in [0.717, 1.165) is 0 Å². The van der Waals surface area contributed by atoms with Crippen LogP contribution in [0.4, 0.5) is 5.69 Å². The third-order valence-corrected chi connectivity index (χ3v) is 4.41. The van der Waals surface area contributed by atoms with E-state index in [2.05, 4.69) is 4.98 Å². The van der Waals surface area contributed by atoms with Crippen LogP contribution in [0.2, 0.25) is 5.02 Å². The van der Waals surface area contributed by atoms with Crippen LogP contribution >= 0.6 is 11.6 Å².